The van der Waals surface area contributed by atoms with Crippen molar-refractivity contribution >= 4 is 50.7 Å². The first kappa shape index (κ1) is 27.2. The molecule has 8 nitrogen and oxygen atoms in total. The number of aromatic nitrogens is 1. The lowest BCUT2D eigenvalue weighted by Crippen LogP contribution is -2.42. The third-order valence-corrected chi connectivity index (χ3v) is 7.33. The molecule has 0 saturated carbocycles. The normalized spacial score (nSPS) is 17.9. The van der Waals surface area contributed by atoms with Crippen LogP contribution in [0.15, 0.2) is 66.3 Å². The van der Waals surface area contributed by atoms with Gasteiger partial charge in [0.15, 0.2) is 5.13 Å². The first-order valence-electron chi connectivity index (χ1n) is 11.4. The predicted molar refractivity (Wildman–Crippen MR) is 152 cm³/mol. The molecule has 3 rings (SSSR count). The van der Waals surface area contributed by atoms with Crippen molar-refractivity contribution in [2.24, 2.45) is 11.8 Å². The molecule has 1 aromatic heterocycles. The molecule has 0 radical (unpaired) electrons. The van der Waals surface area contributed by atoms with Crippen LogP contribution in [0.5, 0.6) is 0 Å². The number of thiazole rings is 1. The van der Waals surface area contributed by atoms with Gasteiger partial charge in [0.2, 0.25) is 5.91 Å². The summed E-state index contributed by atoms with van der Waals surface area (Å²) in [5.41, 5.74) is 3.11. The molecule has 0 unspecified atom stereocenters. The number of allylic oxidation sites excluding steroid dienone is 1. The number of nitrogens with zero attached hydrogens (tertiary/aromatic N) is 3. The summed E-state index contributed by atoms with van der Waals surface area (Å²) in [5.74, 6) is 5.22. The van der Waals surface area contributed by atoms with E-state index in [4.69, 9.17) is 5.84 Å². The Morgan fingerprint density at radius 1 is 1.43 bits per heavy atom. The Labute approximate surface area is 224 Å². The van der Waals surface area contributed by atoms with Crippen LogP contribution < -0.4 is 21.5 Å². The highest BCUT2D eigenvalue weighted by atomic mass is 127. The standard InChI is InChI=1S/C25H33IN6O2S/c1-16(24(34)31-13-5-7-22(31)21-15-35-25(28-4)30-21)23(33)18(3)29-17(2)19-8-10-20(11-9-19)32(27)14-6-12-26/h5-11,14-17,22-23,29,33H,3,12-13,27H2,1-2,4H3,(H,28,30)/b14-6-/t16-,17-,22-,23-/m1/s1. The minimum absolute atomic E-state index is 0.110. The van der Waals surface area contributed by atoms with Crippen molar-refractivity contribution in [3.8, 4) is 0 Å². The van der Waals surface area contributed by atoms with Crippen LogP contribution in [0.4, 0.5) is 10.8 Å². The number of rotatable bonds is 11. The molecule has 4 atom stereocenters. The van der Waals surface area contributed by atoms with E-state index in [9.17, 15) is 9.90 Å². The molecule has 0 spiro atoms. The van der Waals surface area contributed by atoms with Gasteiger partial charge in [-0.25, -0.2) is 10.8 Å². The topological polar surface area (TPSA) is 107 Å². The van der Waals surface area contributed by atoms with Gasteiger partial charge in [-0.05, 0) is 24.6 Å². The van der Waals surface area contributed by atoms with E-state index in [-0.39, 0.29) is 18.0 Å². The van der Waals surface area contributed by atoms with Crippen LogP contribution in [0.3, 0.4) is 0 Å². The van der Waals surface area contributed by atoms with E-state index in [1.807, 2.05) is 68.0 Å². The minimum atomic E-state index is -1.04. The number of halogens is 1. The molecular formula is C25H33IN6O2S. The number of aliphatic hydroxyl groups excluding tert-OH is 1. The molecule has 0 saturated heterocycles. The van der Waals surface area contributed by atoms with Crippen molar-refractivity contribution in [3.05, 3.63) is 77.6 Å². The molecular weight excluding hydrogens is 575 g/mol. The second-order valence-electron chi connectivity index (χ2n) is 8.35. The fourth-order valence-corrected chi connectivity index (χ4v) is 4.79. The van der Waals surface area contributed by atoms with E-state index in [0.29, 0.717) is 12.2 Å². The lowest BCUT2D eigenvalue weighted by Gasteiger charge is -2.30. The summed E-state index contributed by atoms with van der Waals surface area (Å²) in [5, 5.41) is 21.5. The van der Waals surface area contributed by atoms with Gasteiger partial charge in [-0.15, -0.1) is 11.3 Å². The predicted octanol–water partition coefficient (Wildman–Crippen LogP) is 4.11. The second kappa shape index (κ2) is 12.5. The molecule has 1 aliphatic heterocycles. The van der Waals surface area contributed by atoms with Gasteiger partial charge in [0.05, 0.1) is 23.3 Å². The average molecular weight is 609 g/mol. The highest BCUT2D eigenvalue weighted by Gasteiger charge is 2.34. The molecule has 1 aromatic carbocycles. The summed E-state index contributed by atoms with van der Waals surface area (Å²) in [6.45, 7) is 8.22. The number of hydrazine groups is 1. The monoisotopic (exact) mass is 608 g/mol. The van der Waals surface area contributed by atoms with Crippen molar-refractivity contribution in [2.45, 2.75) is 32.0 Å². The Kier molecular flexibility index (Phi) is 9.72. The summed E-state index contributed by atoms with van der Waals surface area (Å²) in [7, 11) is 1.82. The summed E-state index contributed by atoms with van der Waals surface area (Å²) < 4.78 is 0.882. The van der Waals surface area contributed by atoms with Crippen molar-refractivity contribution in [3.63, 3.8) is 0 Å². The second-order valence-corrected chi connectivity index (χ2v) is 10.1. The maximum Gasteiger partial charge on any atom is 0.229 e. The third-order valence-electron chi connectivity index (χ3n) is 5.95. The number of hydrogen-bond donors (Lipinski definition) is 4. The SMILES string of the molecule is C=C(N[C@H](C)c1ccc(N(N)/C=C\CI)cc1)[C@H](O)[C@@H](C)C(=O)N1CC=C[C@@H]1c1csc(NC)n1. The van der Waals surface area contributed by atoms with E-state index >= 15 is 0 Å². The van der Waals surface area contributed by atoms with Crippen molar-refractivity contribution in [2.75, 3.05) is 28.3 Å². The van der Waals surface area contributed by atoms with Gasteiger partial charge in [-0.3, -0.25) is 9.80 Å². The molecule has 10 heteroatoms. The Morgan fingerprint density at radius 3 is 2.77 bits per heavy atom. The first-order chi connectivity index (χ1) is 16.8. The number of nitrogens with one attached hydrogen (secondary N) is 2. The number of nitrogens with two attached hydrogens (primary N) is 1. The molecule has 188 valence electrons. The summed E-state index contributed by atoms with van der Waals surface area (Å²) in [6, 6.07) is 7.49. The summed E-state index contributed by atoms with van der Waals surface area (Å²) in [6.07, 6.45) is 6.70. The molecule has 0 aliphatic carbocycles. The van der Waals surface area contributed by atoms with Crippen LogP contribution in [-0.2, 0) is 4.79 Å². The first-order valence-corrected chi connectivity index (χ1v) is 13.8. The van der Waals surface area contributed by atoms with Crippen molar-refractivity contribution in [1.29, 1.82) is 0 Å². The number of alkyl halides is 1. The third kappa shape index (κ3) is 6.63. The van der Waals surface area contributed by atoms with Crippen LogP contribution in [-0.4, -0.2) is 45.0 Å². The summed E-state index contributed by atoms with van der Waals surface area (Å²) in [4.78, 5) is 19.6. The largest absolute Gasteiger partial charge is 0.386 e. The fourth-order valence-electron chi connectivity index (χ4n) is 3.86. The molecule has 35 heavy (non-hydrogen) atoms. The van der Waals surface area contributed by atoms with Gasteiger partial charge in [-0.2, -0.15) is 0 Å². The van der Waals surface area contributed by atoms with Crippen LogP contribution in [0, 0.1) is 5.92 Å². The Bertz CT molecular complexity index is 1070. The van der Waals surface area contributed by atoms with E-state index in [0.717, 1.165) is 26.5 Å². The van der Waals surface area contributed by atoms with Crippen LogP contribution >= 0.6 is 33.9 Å². The van der Waals surface area contributed by atoms with Crippen LogP contribution in [0.1, 0.15) is 37.2 Å². The fraction of sp³-hybridized carbons (Fsp3) is 0.360. The number of carbonyl (C=O) groups is 1. The highest BCUT2D eigenvalue weighted by Crippen LogP contribution is 2.31. The zero-order valence-electron chi connectivity index (χ0n) is 20.2. The number of hydrogen-bond acceptors (Lipinski definition) is 8. The lowest BCUT2D eigenvalue weighted by atomic mass is 9.98. The van der Waals surface area contributed by atoms with Crippen molar-refractivity contribution in [1.82, 2.24) is 15.2 Å². The van der Waals surface area contributed by atoms with Crippen LogP contribution in [0.25, 0.3) is 0 Å². The Balaban J connectivity index is 1.60. The number of anilines is 2. The molecule has 2 aromatic rings. The van der Waals surface area contributed by atoms with E-state index < -0.39 is 12.0 Å². The number of aliphatic hydroxyl groups is 1. The van der Waals surface area contributed by atoms with Crippen molar-refractivity contribution < 1.29 is 9.90 Å². The highest BCUT2D eigenvalue weighted by molar-refractivity contribution is 14.1. The van der Waals surface area contributed by atoms with Crippen LogP contribution in [0.2, 0.25) is 0 Å². The lowest BCUT2D eigenvalue weighted by molar-refractivity contribution is -0.138. The molecule has 1 amide bonds. The smallest absolute Gasteiger partial charge is 0.229 e. The summed E-state index contributed by atoms with van der Waals surface area (Å²) >= 11 is 3.76. The number of benzene rings is 1. The van der Waals surface area contributed by atoms with Gasteiger partial charge >= 0.3 is 0 Å². The molecule has 1 aliphatic rings. The maximum atomic E-state index is 13.3. The van der Waals surface area contributed by atoms with Gasteiger partial charge < -0.3 is 20.6 Å². The van der Waals surface area contributed by atoms with E-state index in [1.165, 1.54) is 11.3 Å². The zero-order valence-corrected chi connectivity index (χ0v) is 23.2. The van der Waals surface area contributed by atoms with Gasteiger partial charge in [-0.1, -0.05) is 66.5 Å². The molecule has 2 heterocycles. The van der Waals surface area contributed by atoms with Gasteiger partial charge in [0.1, 0.15) is 6.10 Å². The van der Waals surface area contributed by atoms with Gasteiger partial charge in [0.25, 0.3) is 0 Å². The quantitative estimate of drug-likeness (QED) is 0.100. The van der Waals surface area contributed by atoms with Gasteiger partial charge in [0, 0.05) is 41.3 Å². The molecule has 5 N–H and O–H groups in total. The zero-order chi connectivity index (χ0) is 25.5. The number of amides is 1. The minimum Gasteiger partial charge on any atom is -0.386 e. The van der Waals surface area contributed by atoms with E-state index in [1.54, 1.807) is 16.8 Å². The molecule has 0 bridgehead atoms. The molecule has 0 fully saturated rings. The van der Waals surface area contributed by atoms with E-state index in [2.05, 4.69) is 44.8 Å². The number of carbonyl (C=O) groups excluding carboxylic acids is 1. The Morgan fingerprint density at radius 2 is 2.14 bits per heavy atom. The average Bonchev–Trinajstić information content (AvgIpc) is 3.55. The maximum absolute atomic E-state index is 13.3. The Hall–Kier alpha value is -2.41.